The van der Waals surface area contributed by atoms with Gasteiger partial charge in [0.2, 0.25) is 0 Å². The van der Waals surface area contributed by atoms with E-state index in [1.54, 1.807) is 7.11 Å². The van der Waals surface area contributed by atoms with Crippen molar-refractivity contribution in [1.29, 1.82) is 0 Å². The van der Waals surface area contributed by atoms with Gasteiger partial charge in [0.05, 0.1) is 13.5 Å². The molecule has 1 unspecified atom stereocenters. The van der Waals surface area contributed by atoms with Crippen molar-refractivity contribution < 1.29 is 23.8 Å². The smallest absolute Gasteiger partial charge is 0.412 e. The Bertz CT molecular complexity index is 1690. The Morgan fingerprint density at radius 1 is 0.833 bits per heavy atom. The van der Waals surface area contributed by atoms with Crippen LogP contribution in [0.5, 0.6) is 5.75 Å². The summed E-state index contributed by atoms with van der Waals surface area (Å²) in [4.78, 5) is 29.2. The molecule has 5 aromatic rings. The van der Waals surface area contributed by atoms with Gasteiger partial charge in [-0.25, -0.2) is 4.79 Å². The summed E-state index contributed by atoms with van der Waals surface area (Å²) in [5.74, 6) is 0.673. The number of aromatic amines is 1. The number of esters is 1. The molecule has 7 heteroatoms. The Kier molecular flexibility index (Phi) is 7.64. The van der Waals surface area contributed by atoms with Crippen molar-refractivity contribution in [2.24, 2.45) is 0 Å². The van der Waals surface area contributed by atoms with Gasteiger partial charge in [0.25, 0.3) is 0 Å². The molecule has 0 saturated heterocycles. The number of H-pyrrole nitrogens is 1. The Balaban J connectivity index is 1.14. The number of benzene rings is 4. The number of carbonyl (C=O) groups is 2. The van der Waals surface area contributed by atoms with Gasteiger partial charge in [-0.05, 0) is 51.9 Å². The van der Waals surface area contributed by atoms with Crippen LogP contribution in [0.3, 0.4) is 0 Å². The lowest BCUT2D eigenvalue weighted by Gasteiger charge is -2.16. The molecule has 0 saturated carbocycles. The molecule has 0 fully saturated rings. The van der Waals surface area contributed by atoms with E-state index in [0.717, 1.165) is 38.9 Å². The molecule has 0 radical (unpaired) electrons. The summed E-state index contributed by atoms with van der Waals surface area (Å²) in [5.41, 5.74) is 7.22. The van der Waals surface area contributed by atoms with Crippen LogP contribution < -0.4 is 10.1 Å². The molecule has 6 rings (SSSR count). The van der Waals surface area contributed by atoms with Gasteiger partial charge in [-0.3, -0.25) is 10.1 Å². The van der Waals surface area contributed by atoms with Gasteiger partial charge in [0.1, 0.15) is 24.8 Å². The van der Waals surface area contributed by atoms with Crippen LogP contribution in [0.2, 0.25) is 0 Å². The monoisotopic (exact) mass is 560 g/mol. The largest absolute Gasteiger partial charge is 0.497 e. The number of amides is 1. The highest BCUT2D eigenvalue weighted by Gasteiger charge is 2.29. The summed E-state index contributed by atoms with van der Waals surface area (Å²) in [6.07, 6.45) is -0.406. The van der Waals surface area contributed by atoms with E-state index in [0.29, 0.717) is 5.82 Å². The van der Waals surface area contributed by atoms with E-state index in [1.807, 2.05) is 79.7 Å². The van der Waals surface area contributed by atoms with E-state index in [2.05, 4.69) is 34.6 Å². The SMILES string of the molecule is COc1ccc(COC(=O)CC(C)c2c(NC(=O)OCC3c4ccccc4-c4ccccc43)[nH]c3ccccc23)cc1. The fourth-order valence-corrected chi connectivity index (χ4v) is 5.81. The Morgan fingerprint density at radius 3 is 2.17 bits per heavy atom. The van der Waals surface area contributed by atoms with Crippen LogP contribution in [-0.2, 0) is 20.9 Å². The van der Waals surface area contributed by atoms with Crippen molar-refractivity contribution in [2.75, 3.05) is 19.0 Å². The predicted octanol–water partition coefficient (Wildman–Crippen LogP) is 7.77. The molecule has 0 spiro atoms. The lowest BCUT2D eigenvalue weighted by molar-refractivity contribution is -0.145. The molecule has 7 nitrogen and oxygen atoms in total. The molecule has 1 atom stereocenters. The van der Waals surface area contributed by atoms with Crippen molar-refractivity contribution in [2.45, 2.75) is 31.8 Å². The summed E-state index contributed by atoms with van der Waals surface area (Å²) in [6, 6.07) is 31.6. The second-order valence-electron chi connectivity index (χ2n) is 10.5. The average molecular weight is 561 g/mol. The van der Waals surface area contributed by atoms with Crippen LogP contribution in [0.4, 0.5) is 10.6 Å². The first-order chi connectivity index (χ1) is 20.5. The number of methoxy groups -OCH3 is 1. The van der Waals surface area contributed by atoms with Gasteiger partial charge in [-0.1, -0.05) is 85.8 Å². The van der Waals surface area contributed by atoms with Gasteiger partial charge in [0.15, 0.2) is 0 Å². The van der Waals surface area contributed by atoms with Gasteiger partial charge in [0, 0.05) is 22.4 Å². The number of rotatable bonds is 9. The fraction of sp³-hybridized carbons (Fsp3) is 0.200. The number of anilines is 1. The number of carbonyl (C=O) groups excluding carboxylic acids is 2. The zero-order valence-electron chi connectivity index (χ0n) is 23.6. The fourth-order valence-electron chi connectivity index (χ4n) is 5.81. The number of hydrogen-bond donors (Lipinski definition) is 2. The number of fused-ring (bicyclic) bond motifs is 4. The van der Waals surface area contributed by atoms with Gasteiger partial charge in [-0.15, -0.1) is 0 Å². The summed E-state index contributed by atoms with van der Waals surface area (Å²) in [5, 5.41) is 3.85. The Hall–Kier alpha value is -5.04. The molecule has 1 aromatic heterocycles. The maximum atomic E-state index is 13.1. The Morgan fingerprint density at radius 2 is 1.48 bits per heavy atom. The lowest BCUT2D eigenvalue weighted by Crippen LogP contribution is -2.19. The topological polar surface area (TPSA) is 89.7 Å². The molecule has 1 amide bonds. The number of hydrogen-bond acceptors (Lipinski definition) is 5. The third-order valence-corrected chi connectivity index (χ3v) is 7.84. The third kappa shape index (κ3) is 5.46. The summed E-state index contributed by atoms with van der Waals surface area (Å²) in [7, 11) is 1.61. The van der Waals surface area contributed by atoms with Crippen LogP contribution in [-0.4, -0.2) is 30.8 Å². The van der Waals surface area contributed by atoms with Crippen molar-refractivity contribution in [3.8, 4) is 16.9 Å². The standard InChI is InChI=1S/C35H32N2O5/c1-22(19-32(38)41-20-23-15-17-24(40-2)18-16-23)33-29-13-7-8-14-31(29)36-34(33)37-35(39)42-21-30-27-11-5-3-9-25(27)26-10-4-6-12-28(26)30/h3-18,22,30,36H,19-21H2,1-2H3,(H,37,39). The minimum Gasteiger partial charge on any atom is -0.497 e. The second-order valence-corrected chi connectivity index (χ2v) is 10.5. The first-order valence-electron chi connectivity index (χ1n) is 14.0. The summed E-state index contributed by atoms with van der Waals surface area (Å²) >= 11 is 0. The molecule has 4 aromatic carbocycles. The first-order valence-corrected chi connectivity index (χ1v) is 14.0. The van der Waals surface area contributed by atoms with Crippen LogP contribution in [0.15, 0.2) is 97.1 Å². The maximum absolute atomic E-state index is 13.1. The number of nitrogens with one attached hydrogen (secondary N) is 2. The third-order valence-electron chi connectivity index (χ3n) is 7.84. The quantitative estimate of drug-likeness (QED) is 0.180. The minimum absolute atomic E-state index is 0.0373. The van der Waals surface area contributed by atoms with Crippen LogP contribution >= 0.6 is 0 Å². The maximum Gasteiger partial charge on any atom is 0.412 e. The number of para-hydroxylation sites is 1. The molecule has 0 bridgehead atoms. The minimum atomic E-state index is -0.557. The van der Waals surface area contributed by atoms with Crippen molar-refractivity contribution in [3.63, 3.8) is 0 Å². The lowest BCUT2D eigenvalue weighted by atomic mass is 9.96. The molecule has 1 aliphatic rings. The van der Waals surface area contributed by atoms with E-state index < -0.39 is 6.09 Å². The Labute approximate surface area is 244 Å². The van der Waals surface area contributed by atoms with E-state index in [9.17, 15) is 9.59 Å². The molecule has 1 aliphatic carbocycles. The highest BCUT2D eigenvalue weighted by atomic mass is 16.5. The summed E-state index contributed by atoms with van der Waals surface area (Å²) in [6.45, 7) is 2.34. The van der Waals surface area contributed by atoms with E-state index >= 15 is 0 Å². The molecule has 0 aliphatic heterocycles. The van der Waals surface area contributed by atoms with E-state index in [4.69, 9.17) is 14.2 Å². The predicted molar refractivity (Wildman–Crippen MR) is 163 cm³/mol. The van der Waals surface area contributed by atoms with Gasteiger partial charge in [-0.2, -0.15) is 0 Å². The summed E-state index contributed by atoms with van der Waals surface area (Å²) < 4.78 is 16.5. The van der Waals surface area contributed by atoms with E-state index in [1.165, 1.54) is 11.1 Å². The second kappa shape index (κ2) is 11.8. The average Bonchev–Trinajstić information content (AvgIpc) is 3.54. The number of aromatic nitrogens is 1. The molecule has 2 N–H and O–H groups in total. The zero-order valence-corrected chi connectivity index (χ0v) is 23.6. The molecular weight excluding hydrogens is 528 g/mol. The highest BCUT2D eigenvalue weighted by molar-refractivity contribution is 5.95. The van der Waals surface area contributed by atoms with Gasteiger partial charge >= 0.3 is 12.1 Å². The molecule has 42 heavy (non-hydrogen) atoms. The van der Waals surface area contributed by atoms with Crippen molar-refractivity contribution in [3.05, 3.63) is 119 Å². The number of ether oxygens (including phenoxy) is 3. The normalized spacial score (nSPS) is 12.8. The molecular formula is C35H32N2O5. The van der Waals surface area contributed by atoms with Crippen molar-refractivity contribution in [1.82, 2.24) is 4.98 Å². The first kappa shape index (κ1) is 27.1. The zero-order chi connectivity index (χ0) is 29.1. The van der Waals surface area contributed by atoms with Gasteiger partial charge < -0.3 is 19.2 Å². The van der Waals surface area contributed by atoms with Crippen LogP contribution in [0.1, 0.15) is 47.4 Å². The highest BCUT2D eigenvalue weighted by Crippen LogP contribution is 2.44. The van der Waals surface area contributed by atoms with E-state index in [-0.39, 0.29) is 37.4 Å². The van der Waals surface area contributed by atoms with Crippen molar-refractivity contribution >= 4 is 28.8 Å². The molecule has 1 heterocycles. The van der Waals surface area contributed by atoms with Crippen LogP contribution in [0, 0.1) is 0 Å². The van der Waals surface area contributed by atoms with Crippen LogP contribution in [0.25, 0.3) is 22.0 Å². The molecule has 212 valence electrons.